The van der Waals surface area contributed by atoms with Crippen molar-refractivity contribution in [3.05, 3.63) is 30.3 Å². The van der Waals surface area contributed by atoms with Gasteiger partial charge in [0.15, 0.2) is 5.75 Å². The number of rotatable bonds is 6. The van der Waals surface area contributed by atoms with E-state index in [0.29, 0.717) is 11.5 Å². The van der Waals surface area contributed by atoms with E-state index in [-0.39, 0.29) is 11.8 Å². The first-order chi connectivity index (χ1) is 10.1. The summed E-state index contributed by atoms with van der Waals surface area (Å²) in [4.78, 5) is 17.6. The highest BCUT2D eigenvalue weighted by molar-refractivity contribution is 6.23. The Labute approximate surface area is 125 Å². The van der Waals surface area contributed by atoms with Crippen molar-refractivity contribution in [2.75, 3.05) is 7.05 Å². The van der Waals surface area contributed by atoms with Crippen LogP contribution >= 0.6 is 0 Å². The molecule has 5 heteroatoms. The Balaban J connectivity index is 2.10. The van der Waals surface area contributed by atoms with Crippen LogP contribution in [0.15, 0.2) is 40.6 Å². The third kappa shape index (κ3) is 3.68. The van der Waals surface area contributed by atoms with E-state index in [1.54, 1.807) is 7.05 Å². The Hall–Kier alpha value is -2.17. The zero-order valence-corrected chi connectivity index (χ0v) is 12.7. The highest BCUT2D eigenvalue weighted by atomic mass is 16.6. The highest BCUT2D eigenvalue weighted by Crippen LogP contribution is 2.20. The molecule has 0 saturated carbocycles. The maximum Gasteiger partial charge on any atom is 0.257 e. The van der Waals surface area contributed by atoms with Crippen LogP contribution in [0.3, 0.4) is 0 Å². The fraction of sp³-hybridized carbons (Fsp3) is 0.438. The second-order valence-corrected chi connectivity index (χ2v) is 5.13. The molecule has 0 spiro atoms. The van der Waals surface area contributed by atoms with Gasteiger partial charge in [-0.2, -0.15) is 5.10 Å². The molecule has 1 aliphatic heterocycles. The molecule has 0 radical (unpaired) electrons. The number of carbonyl (C=O) groups excluding carboxylic acids is 1. The molecule has 21 heavy (non-hydrogen) atoms. The molecule has 5 nitrogen and oxygen atoms in total. The normalized spacial score (nSPS) is 18.9. The second kappa shape index (κ2) is 7.02. The lowest BCUT2D eigenvalue weighted by molar-refractivity contribution is -0.128. The van der Waals surface area contributed by atoms with Crippen LogP contribution in [0.1, 0.15) is 33.1 Å². The smallest absolute Gasteiger partial charge is 0.257 e. The minimum atomic E-state index is -0.384. The van der Waals surface area contributed by atoms with Crippen molar-refractivity contribution >= 4 is 17.3 Å². The molecule has 0 aliphatic carbocycles. The van der Waals surface area contributed by atoms with Gasteiger partial charge in [0.1, 0.15) is 5.92 Å². The third-order valence-electron chi connectivity index (χ3n) is 3.42. The molecule has 0 aromatic heterocycles. The largest absolute Gasteiger partial charge is 0.357 e. The van der Waals surface area contributed by atoms with Crippen molar-refractivity contribution in [3.8, 4) is 5.75 Å². The number of amides is 1. The first-order valence-electron chi connectivity index (χ1n) is 7.25. The van der Waals surface area contributed by atoms with Crippen LogP contribution in [-0.2, 0) is 4.79 Å². The van der Waals surface area contributed by atoms with Gasteiger partial charge in [0.05, 0.1) is 11.4 Å². The predicted octanol–water partition coefficient (Wildman–Crippen LogP) is 3.08. The summed E-state index contributed by atoms with van der Waals surface area (Å²) in [6.45, 7) is 3.93. The summed E-state index contributed by atoms with van der Waals surface area (Å²) in [6, 6.07) is 9.32. The van der Waals surface area contributed by atoms with Gasteiger partial charge >= 0.3 is 0 Å². The van der Waals surface area contributed by atoms with E-state index in [2.05, 4.69) is 17.2 Å². The molecule has 1 amide bonds. The summed E-state index contributed by atoms with van der Waals surface area (Å²) in [6.07, 6.45) is 2.90. The van der Waals surface area contributed by atoms with E-state index in [1.807, 2.05) is 37.3 Å². The van der Waals surface area contributed by atoms with Gasteiger partial charge in [-0.25, -0.2) is 5.01 Å². The lowest BCUT2D eigenvalue weighted by atomic mass is 9.95. The topological polar surface area (TPSA) is 54.3 Å². The van der Waals surface area contributed by atoms with Crippen molar-refractivity contribution < 1.29 is 9.63 Å². The lowest BCUT2D eigenvalue weighted by Gasteiger charge is -2.11. The Bertz CT molecular complexity index is 552. The van der Waals surface area contributed by atoms with Gasteiger partial charge in [-0.1, -0.05) is 36.7 Å². The van der Waals surface area contributed by atoms with E-state index in [1.165, 1.54) is 5.01 Å². The molecule has 1 heterocycles. The minimum Gasteiger partial charge on any atom is -0.357 e. The van der Waals surface area contributed by atoms with Gasteiger partial charge in [-0.05, 0) is 31.9 Å². The molecular formula is C16H21N3O2. The summed E-state index contributed by atoms with van der Waals surface area (Å²) in [7, 11) is 1.68. The summed E-state index contributed by atoms with van der Waals surface area (Å²) in [5.74, 6) is 0.229. The van der Waals surface area contributed by atoms with Crippen LogP contribution in [-0.4, -0.2) is 29.4 Å². The number of oxime groups is 1. The van der Waals surface area contributed by atoms with Crippen LogP contribution in [0.25, 0.3) is 0 Å². The van der Waals surface area contributed by atoms with Gasteiger partial charge in [-0.3, -0.25) is 4.79 Å². The number of nitrogens with zero attached hydrogens (tertiary/aromatic N) is 3. The molecule has 0 fully saturated rings. The molecule has 1 aromatic carbocycles. The Morgan fingerprint density at radius 3 is 2.76 bits per heavy atom. The molecule has 1 unspecified atom stereocenters. The Morgan fingerprint density at radius 1 is 1.38 bits per heavy atom. The SMILES string of the molecule is CCCCC1=NN(C)C(=O)C1C(C)=NOc1ccccc1. The van der Waals surface area contributed by atoms with Crippen molar-refractivity contribution in [2.45, 2.75) is 33.1 Å². The van der Waals surface area contributed by atoms with Crippen molar-refractivity contribution in [1.82, 2.24) is 5.01 Å². The summed E-state index contributed by atoms with van der Waals surface area (Å²) in [5, 5.41) is 9.84. The monoisotopic (exact) mass is 287 g/mol. The fourth-order valence-corrected chi connectivity index (χ4v) is 2.26. The summed E-state index contributed by atoms with van der Waals surface area (Å²) < 4.78 is 0. The maximum atomic E-state index is 12.2. The lowest BCUT2D eigenvalue weighted by Crippen LogP contribution is -2.30. The molecule has 0 N–H and O–H groups in total. The number of unbranched alkanes of at least 4 members (excludes halogenated alkanes) is 1. The maximum absolute atomic E-state index is 12.2. The standard InChI is InChI=1S/C16H21N3O2/c1-4-5-11-14-15(16(20)19(3)17-14)12(2)18-21-13-9-7-6-8-10-13/h6-10,15H,4-5,11H2,1-3H3. The van der Waals surface area contributed by atoms with E-state index >= 15 is 0 Å². The van der Waals surface area contributed by atoms with Crippen LogP contribution < -0.4 is 4.84 Å². The first kappa shape index (κ1) is 15.2. The van der Waals surface area contributed by atoms with E-state index in [0.717, 1.165) is 25.0 Å². The van der Waals surface area contributed by atoms with Crippen LogP contribution in [0.4, 0.5) is 0 Å². The summed E-state index contributed by atoms with van der Waals surface area (Å²) >= 11 is 0. The van der Waals surface area contributed by atoms with Gasteiger partial charge < -0.3 is 4.84 Å². The molecule has 112 valence electrons. The molecule has 0 bridgehead atoms. The van der Waals surface area contributed by atoms with Crippen molar-refractivity contribution in [2.24, 2.45) is 16.2 Å². The fourth-order valence-electron chi connectivity index (χ4n) is 2.26. The van der Waals surface area contributed by atoms with Crippen LogP contribution in [0.2, 0.25) is 0 Å². The van der Waals surface area contributed by atoms with Gasteiger partial charge in [-0.15, -0.1) is 0 Å². The molecule has 2 rings (SSSR count). The van der Waals surface area contributed by atoms with Crippen molar-refractivity contribution in [1.29, 1.82) is 0 Å². The molecule has 1 atom stereocenters. The number of hydrogen-bond acceptors (Lipinski definition) is 4. The molecule has 1 aromatic rings. The summed E-state index contributed by atoms with van der Waals surface area (Å²) in [5.41, 5.74) is 1.52. The molecular weight excluding hydrogens is 266 g/mol. The average molecular weight is 287 g/mol. The minimum absolute atomic E-state index is 0.0426. The Kier molecular flexibility index (Phi) is 5.09. The number of para-hydroxylation sites is 1. The zero-order valence-electron chi connectivity index (χ0n) is 12.7. The van der Waals surface area contributed by atoms with Gasteiger partial charge in [0.2, 0.25) is 0 Å². The third-order valence-corrected chi connectivity index (χ3v) is 3.42. The average Bonchev–Trinajstić information content (AvgIpc) is 2.79. The number of benzene rings is 1. The predicted molar refractivity (Wildman–Crippen MR) is 83.4 cm³/mol. The van der Waals surface area contributed by atoms with E-state index in [4.69, 9.17) is 4.84 Å². The van der Waals surface area contributed by atoms with E-state index in [9.17, 15) is 4.79 Å². The second-order valence-electron chi connectivity index (χ2n) is 5.13. The Morgan fingerprint density at radius 2 is 2.10 bits per heavy atom. The van der Waals surface area contributed by atoms with Gasteiger partial charge in [0, 0.05) is 7.05 Å². The first-order valence-corrected chi connectivity index (χ1v) is 7.25. The molecule has 1 aliphatic rings. The number of hydrogen-bond donors (Lipinski definition) is 0. The van der Waals surface area contributed by atoms with Gasteiger partial charge in [0.25, 0.3) is 5.91 Å². The van der Waals surface area contributed by atoms with Crippen molar-refractivity contribution in [3.63, 3.8) is 0 Å². The zero-order chi connectivity index (χ0) is 15.2. The van der Waals surface area contributed by atoms with Crippen LogP contribution in [0.5, 0.6) is 5.75 Å². The van der Waals surface area contributed by atoms with E-state index < -0.39 is 0 Å². The number of hydrazone groups is 1. The quantitative estimate of drug-likeness (QED) is 0.596. The van der Waals surface area contributed by atoms with Crippen LogP contribution in [0, 0.1) is 5.92 Å². The molecule has 0 saturated heterocycles. The highest BCUT2D eigenvalue weighted by Gasteiger charge is 2.35. The number of carbonyl (C=O) groups is 1.